The van der Waals surface area contributed by atoms with Gasteiger partial charge in [0.25, 0.3) is 0 Å². The van der Waals surface area contributed by atoms with Crippen LogP contribution in [0, 0.1) is 13.2 Å². The van der Waals surface area contributed by atoms with Gasteiger partial charge >= 0.3 is 0 Å². The molecule has 0 aliphatic carbocycles. The van der Waals surface area contributed by atoms with Crippen molar-refractivity contribution in [2.45, 2.75) is 19.9 Å². The molecule has 1 N–H and O–H groups in total. The van der Waals surface area contributed by atoms with Crippen LogP contribution in [0.4, 0.5) is 0 Å². The van der Waals surface area contributed by atoms with Crippen molar-refractivity contribution in [3.63, 3.8) is 0 Å². The first-order valence-electron chi connectivity index (χ1n) is 2.60. The molecule has 0 saturated heterocycles. The largest absolute Gasteiger partial charge is 0.495 e. The fraction of sp³-hybridized carbons (Fsp3) is 0.429. The summed E-state index contributed by atoms with van der Waals surface area (Å²) in [6.07, 6.45) is 1.35. The third-order valence-electron chi connectivity index (χ3n) is 0.635. The first-order valence-corrected chi connectivity index (χ1v) is 2.60. The smallest absolute Gasteiger partial charge is 0.00190 e. The Morgan fingerprint density at radius 1 is 1.56 bits per heavy atom. The number of nitrogens with one attached hydrogen (secondary N) is 1. The van der Waals surface area contributed by atoms with Crippen molar-refractivity contribution in [2.75, 3.05) is 0 Å². The van der Waals surface area contributed by atoms with E-state index in [1.807, 2.05) is 13.8 Å². The van der Waals surface area contributed by atoms with Crippen molar-refractivity contribution in [3.05, 3.63) is 24.9 Å². The zero-order valence-electron chi connectivity index (χ0n) is 5.89. The second-order valence-electron chi connectivity index (χ2n) is 1.92. The number of rotatable bonds is 3. The van der Waals surface area contributed by atoms with Crippen molar-refractivity contribution in [1.82, 2.24) is 5.32 Å². The molecule has 0 bridgehead atoms. The quantitative estimate of drug-likeness (QED) is 0.532. The van der Waals surface area contributed by atoms with Gasteiger partial charge in [0.15, 0.2) is 0 Å². The van der Waals surface area contributed by atoms with Crippen LogP contribution in [0.5, 0.6) is 0 Å². The van der Waals surface area contributed by atoms with Crippen molar-refractivity contribution in [2.24, 2.45) is 0 Å². The molecule has 2 heteroatoms. The minimum absolute atomic E-state index is 0. The van der Waals surface area contributed by atoms with Crippen molar-refractivity contribution < 1.29 is 32.7 Å². The molecule has 0 spiro atoms. The van der Waals surface area contributed by atoms with E-state index in [0.29, 0.717) is 11.7 Å². The minimum atomic E-state index is 0. The molecule has 0 rings (SSSR count). The van der Waals surface area contributed by atoms with Crippen LogP contribution in [-0.4, -0.2) is 6.04 Å². The summed E-state index contributed by atoms with van der Waals surface area (Å²) in [5, 5.41) is 2.91. The second kappa shape index (κ2) is 6.50. The fourth-order valence-electron chi connectivity index (χ4n) is 0.381. The molecule has 1 nitrogen and oxygen atoms in total. The summed E-state index contributed by atoms with van der Waals surface area (Å²) >= 11 is 0. The summed E-state index contributed by atoms with van der Waals surface area (Å²) in [5.74, 6) is 0. The molecule has 0 saturated carbocycles. The molecular formula is C7H11NY-2. The molecule has 0 amide bonds. The molecule has 0 aliphatic heterocycles. The van der Waals surface area contributed by atoms with Gasteiger partial charge in [0.05, 0.1) is 0 Å². The molecule has 0 atom stereocenters. The topological polar surface area (TPSA) is 12.0 Å². The Labute approximate surface area is 82.5 Å². The van der Waals surface area contributed by atoms with Crippen LogP contribution in [-0.2, 0) is 32.7 Å². The predicted molar refractivity (Wildman–Crippen MR) is 35.0 cm³/mol. The molecule has 0 fully saturated rings. The van der Waals surface area contributed by atoms with E-state index < -0.39 is 0 Å². The average molecular weight is 198 g/mol. The summed E-state index contributed by atoms with van der Waals surface area (Å²) in [6, 6.07) is 0.356. The first-order chi connectivity index (χ1) is 3.66. The van der Waals surface area contributed by atoms with Gasteiger partial charge in [0.2, 0.25) is 0 Å². The van der Waals surface area contributed by atoms with Crippen LogP contribution in [0.2, 0.25) is 0 Å². The Kier molecular flexibility index (Phi) is 8.74. The molecule has 49 valence electrons. The van der Waals surface area contributed by atoms with E-state index in [9.17, 15) is 0 Å². The minimum Gasteiger partial charge on any atom is -0.495 e. The van der Waals surface area contributed by atoms with Crippen molar-refractivity contribution in [3.8, 4) is 0 Å². The van der Waals surface area contributed by atoms with Gasteiger partial charge in [-0.3, -0.25) is 5.70 Å². The summed E-state index contributed by atoms with van der Waals surface area (Å²) < 4.78 is 0. The molecule has 0 unspecified atom stereocenters. The van der Waals surface area contributed by atoms with Crippen LogP contribution in [0.25, 0.3) is 0 Å². The van der Waals surface area contributed by atoms with Crippen LogP contribution in [0.3, 0.4) is 0 Å². The maximum Gasteiger partial charge on any atom is 0.00190 e. The van der Waals surface area contributed by atoms with Crippen LogP contribution in [0.1, 0.15) is 13.8 Å². The Hall–Kier alpha value is 0.384. The molecule has 0 aromatic rings. The molecule has 0 aliphatic rings. The van der Waals surface area contributed by atoms with E-state index in [2.05, 4.69) is 5.32 Å². The Bertz CT molecular complexity index is 97.1. The van der Waals surface area contributed by atoms with Crippen LogP contribution < -0.4 is 5.32 Å². The summed E-state index contributed by atoms with van der Waals surface area (Å²) in [4.78, 5) is 0. The number of hydrogen-bond acceptors (Lipinski definition) is 1. The normalized spacial score (nSPS) is 7.89. The van der Waals surface area contributed by atoms with Gasteiger partial charge in [-0.05, 0) is 13.8 Å². The van der Waals surface area contributed by atoms with Gasteiger partial charge < -0.3 is 24.6 Å². The standard InChI is InChI=1S/C7H11N.Y/c1-5-7(4)8-6(2)3;/h1,4-6,8H,2-3H3;/q-2;. The maximum absolute atomic E-state index is 5.30. The predicted octanol–water partition coefficient (Wildman–Crippen LogP) is 1.29. The Morgan fingerprint density at radius 3 is 2.11 bits per heavy atom. The molecule has 0 heterocycles. The van der Waals surface area contributed by atoms with E-state index >= 15 is 0 Å². The molecule has 0 aromatic heterocycles. The monoisotopic (exact) mass is 198 g/mol. The van der Waals surface area contributed by atoms with E-state index in [4.69, 9.17) is 13.2 Å². The van der Waals surface area contributed by atoms with E-state index in [0.717, 1.165) is 0 Å². The average Bonchev–Trinajstić information content (AvgIpc) is 1.65. The maximum atomic E-state index is 5.30. The van der Waals surface area contributed by atoms with Gasteiger partial charge in [-0.2, -0.15) is 0 Å². The van der Waals surface area contributed by atoms with Crippen molar-refractivity contribution in [1.29, 1.82) is 0 Å². The zero-order valence-corrected chi connectivity index (χ0v) is 8.73. The fourth-order valence-corrected chi connectivity index (χ4v) is 0.381. The molecular weight excluding hydrogens is 187 g/mol. The van der Waals surface area contributed by atoms with Crippen LogP contribution in [0.15, 0.2) is 11.8 Å². The van der Waals surface area contributed by atoms with Gasteiger partial charge in [0, 0.05) is 38.8 Å². The summed E-state index contributed by atoms with van der Waals surface area (Å²) in [6.45, 7) is 14.4. The van der Waals surface area contributed by atoms with Gasteiger partial charge in [0.1, 0.15) is 0 Å². The van der Waals surface area contributed by atoms with E-state index in [1.165, 1.54) is 6.08 Å². The molecule has 9 heavy (non-hydrogen) atoms. The second-order valence-corrected chi connectivity index (χ2v) is 1.92. The van der Waals surface area contributed by atoms with Gasteiger partial charge in [-0.15, -0.1) is 0 Å². The molecule has 1 radical (unpaired) electrons. The third-order valence-corrected chi connectivity index (χ3v) is 0.635. The molecule has 0 aromatic carbocycles. The summed E-state index contributed by atoms with van der Waals surface area (Å²) in [7, 11) is 0. The Balaban J connectivity index is 0. The zero-order chi connectivity index (χ0) is 6.57. The van der Waals surface area contributed by atoms with E-state index in [-0.39, 0.29) is 32.7 Å². The SMILES string of the molecule is [CH-]=CC(=[CH-])NC(C)C.[Y]. The van der Waals surface area contributed by atoms with Gasteiger partial charge in [-0.1, -0.05) is 0 Å². The Morgan fingerprint density at radius 2 is 2.00 bits per heavy atom. The summed E-state index contributed by atoms with van der Waals surface area (Å²) in [5.41, 5.74) is 0.528. The van der Waals surface area contributed by atoms with Crippen LogP contribution >= 0.6 is 0 Å². The van der Waals surface area contributed by atoms with Gasteiger partial charge in [-0.25, -0.2) is 0 Å². The first kappa shape index (κ1) is 12.1. The van der Waals surface area contributed by atoms with E-state index in [1.54, 1.807) is 0 Å². The third kappa shape index (κ3) is 8.38. The van der Waals surface area contributed by atoms with Crippen molar-refractivity contribution >= 4 is 0 Å². The number of allylic oxidation sites excluding steroid dienone is 1. The number of hydrogen-bond donors (Lipinski definition) is 1.